The van der Waals surface area contributed by atoms with Crippen molar-refractivity contribution >= 4 is 18.7 Å². The summed E-state index contributed by atoms with van der Waals surface area (Å²) in [5.74, 6) is 0.329. The van der Waals surface area contributed by atoms with Crippen molar-refractivity contribution in [2.24, 2.45) is 11.8 Å². The molecule has 154 valence electrons. The maximum absolute atomic E-state index is 10.5. The van der Waals surface area contributed by atoms with Crippen LogP contribution >= 0.6 is 0 Å². The van der Waals surface area contributed by atoms with Gasteiger partial charge in [-0.1, -0.05) is 107 Å². The molecule has 4 unspecified atom stereocenters. The molecule has 0 aromatic heterocycles. The average molecular weight is 407 g/mol. The molecule has 0 spiro atoms. The van der Waals surface area contributed by atoms with E-state index in [9.17, 15) is 5.11 Å². The fraction of sp³-hybridized carbons (Fsp3) is 0.385. The molecule has 2 aromatic rings. The van der Waals surface area contributed by atoms with Crippen LogP contribution in [-0.4, -0.2) is 25.6 Å². The first-order valence-corrected chi connectivity index (χ1v) is 12.5. The first-order valence-electron chi connectivity index (χ1n) is 10.6. The van der Waals surface area contributed by atoms with Crippen molar-refractivity contribution in [3.63, 3.8) is 0 Å². The van der Waals surface area contributed by atoms with Crippen molar-refractivity contribution in [1.82, 2.24) is 0 Å². The summed E-state index contributed by atoms with van der Waals surface area (Å²) in [6, 6.07) is 21.5. The molecule has 1 aliphatic rings. The zero-order valence-electron chi connectivity index (χ0n) is 18.1. The number of rotatable bonds is 6. The van der Waals surface area contributed by atoms with Crippen molar-refractivity contribution in [1.29, 1.82) is 0 Å². The van der Waals surface area contributed by atoms with Crippen LogP contribution in [0.15, 0.2) is 85.5 Å². The summed E-state index contributed by atoms with van der Waals surface area (Å²) < 4.78 is 7.26. The van der Waals surface area contributed by atoms with Crippen LogP contribution in [0, 0.1) is 11.8 Å². The van der Waals surface area contributed by atoms with E-state index >= 15 is 0 Å². The Morgan fingerprint density at radius 2 is 1.48 bits per heavy atom. The molecular formula is C26H34O2Si. The molecule has 2 aromatic carbocycles. The molecule has 1 N–H and O–H groups in total. The summed E-state index contributed by atoms with van der Waals surface area (Å²) in [4.78, 5) is 0. The van der Waals surface area contributed by atoms with E-state index in [0.717, 1.165) is 6.42 Å². The fourth-order valence-corrected chi connectivity index (χ4v) is 9.40. The monoisotopic (exact) mass is 406 g/mol. The van der Waals surface area contributed by atoms with E-state index in [1.807, 2.05) is 12.2 Å². The number of hydrogen-bond acceptors (Lipinski definition) is 2. The van der Waals surface area contributed by atoms with Crippen LogP contribution in [-0.2, 0) is 4.43 Å². The molecule has 3 rings (SSSR count). The lowest BCUT2D eigenvalue weighted by molar-refractivity contribution is 0.0500. The summed E-state index contributed by atoms with van der Waals surface area (Å²) in [6.07, 6.45) is 6.19. The summed E-state index contributed by atoms with van der Waals surface area (Å²) in [7, 11) is -2.61. The predicted molar refractivity (Wildman–Crippen MR) is 125 cm³/mol. The van der Waals surface area contributed by atoms with E-state index in [1.165, 1.54) is 10.4 Å². The Labute approximate surface area is 177 Å². The highest BCUT2D eigenvalue weighted by Crippen LogP contribution is 2.40. The van der Waals surface area contributed by atoms with Crippen molar-refractivity contribution in [3.8, 4) is 0 Å². The molecule has 0 aliphatic heterocycles. The van der Waals surface area contributed by atoms with Gasteiger partial charge in [0.15, 0.2) is 0 Å². The standard InChI is InChI=1S/C26H34O2Si/c1-6-13-23-20(2)25(19-18-24(23)27)28-29(26(3,4)5,21-14-9-7-10-15-21)22-16-11-8-12-17-22/h6-12,14-20,23-25,27H,1,13H2,2-5H3. The maximum atomic E-state index is 10.5. The highest BCUT2D eigenvalue weighted by molar-refractivity contribution is 6.99. The second-order valence-electron chi connectivity index (χ2n) is 9.17. The minimum atomic E-state index is -2.61. The molecule has 0 radical (unpaired) electrons. The zero-order valence-corrected chi connectivity index (χ0v) is 19.1. The van der Waals surface area contributed by atoms with Gasteiger partial charge in [-0.15, -0.1) is 6.58 Å². The fourth-order valence-electron chi connectivity index (χ4n) is 4.68. The van der Waals surface area contributed by atoms with Crippen LogP contribution in [0.5, 0.6) is 0 Å². The molecular weight excluding hydrogens is 372 g/mol. The molecule has 0 amide bonds. The largest absolute Gasteiger partial charge is 0.401 e. The summed E-state index contributed by atoms with van der Waals surface area (Å²) in [5.41, 5.74) is 0. The van der Waals surface area contributed by atoms with Gasteiger partial charge in [-0.25, -0.2) is 0 Å². The Bertz CT molecular complexity index is 783. The summed E-state index contributed by atoms with van der Waals surface area (Å²) in [6.45, 7) is 13.0. The summed E-state index contributed by atoms with van der Waals surface area (Å²) >= 11 is 0. The van der Waals surface area contributed by atoms with Crippen molar-refractivity contribution < 1.29 is 9.53 Å². The first kappa shape index (κ1) is 21.8. The minimum absolute atomic E-state index is 0.0466. The minimum Gasteiger partial charge on any atom is -0.401 e. The number of aliphatic hydroxyl groups excluding tert-OH is 1. The normalized spacial score (nSPS) is 25.0. The van der Waals surface area contributed by atoms with Gasteiger partial charge in [0.05, 0.1) is 12.2 Å². The van der Waals surface area contributed by atoms with Gasteiger partial charge in [0.25, 0.3) is 8.32 Å². The van der Waals surface area contributed by atoms with Gasteiger partial charge in [-0.3, -0.25) is 0 Å². The number of aliphatic hydroxyl groups is 1. The molecule has 1 aliphatic carbocycles. The molecule has 2 nitrogen and oxygen atoms in total. The van der Waals surface area contributed by atoms with Crippen LogP contribution < -0.4 is 10.4 Å². The lowest BCUT2D eigenvalue weighted by atomic mass is 9.79. The topological polar surface area (TPSA) is 29.5 Å². The second kappa shape index (κ2) is 8.82. The molecule has 0 saturated heterocycles. The van der Waals surface area contributed by atoms with Crippen molar-refractivity contribution in [2.45, 2.75) is 51.4 Å². The third kappa shape index (κ3) is 4.18. The lowest BCUT2D eigenvalue weighted by Gasteiger charge is -2.47. The molecule has 29 heavy (non-hydrogen) atoms. The second-order valence-corrected chi connectivity index (χ2v) is 13.4. The Morgan fingerprint density at radius 1 is 0.966 bits per heavy atom. The van der Waals surface area contributed by atoms with Crippen molar-refractivity contribution in [3.05, 3.63) is 85.5 Å². The Hall–Kier alpha value is -1.94. The van der Waals surface area contributed by atoms with E-state index in [-0.39, 0.29) is 23.0 Å². The molecule has 0 bridgehead atoms. The Morgan fingerprint density at radius 3 is 1.93 bits per heavy atom. The average Bonchev–Trinajstić information content (AvgIpc) is 2.71. The zero-order chi connectivity index (χ0) is 21.1. The lowest BCUT2D eigenvalue weighted by Crippen LogP contribution is -2.68. The molecule has 4 atom stereocenters. The highest BCUT2D eigenvalue weighted by Gasteiger charge is 2.52. The smallest absolute Gasteiger partial charge is 0.261 e. The van der Waals surface area contributed by atoms with Gasteiger partial charge >= 0.3 is 0 Å². The van der Waals surface area contributed by atoms with E-state index in [4.69, 9.17) is 4.43 Å². The first-order chi connectivity index (χ1) is 13.8. The Balaban J connectivity index is 2.14. The highest BCUT2D eigenvalue weighted by atomic mass is 28.4. The number of benzene rings is 2. The third-order valence-electron chi connectivity index (χ3n) is 6.30. The van der Waals surface area contributed by atoms with Gasteiger partial charge in [0.2, 0.25) is 0 Å². The van der Waals surface area contributed by atoms with Crippen LogP contribution in [0.1, 0.15) is 34.1 Å². The quantitative estimate of drug-likeness (QED) is 0.557. The van der Waals surface area contributed by atoms with Gasteiger partial charge in [0, 0.05) is 0 Å². The number of hydrogen-bond donors (Lipinski definition) is 1. The van der Waals surface area contributed by atoms with Gasteiger partial charge < -0.3 is 9.53 Å². The van der Waals surface area contributed by atoms with Gasteiger partial charge in [-0.05, 0) is 33.7 Å². The summed E-state index contributed by atoms with van der Waals surface area (Å²) in [5, 5.41) is 13.0. The number of allylic oxidation sites excluding steroid dienone is 1. The molecule has 3 heteroatoms. The maximum Gasteiger partial charge on any atom is 0.261 e. The molecule has 0 saturated carbocycles. The third-order valence-corrected chi connectivity index (χ3v) is 11.3. The van der Waals surface area contributed by atoms with E-state index in [1.54, 1.807) is 0 Å². The van der Waals surface area contributed by atoms with E-state index in [2.05, 4.69) is 101 Å². The van der Waals surface area contributed by atoms with E-state index < -0.39 is 14.4 Å². The SMILES string of the molecule is C=CCC1C(O)C=CC(O[Si](c2ccccc2)(c2ccccc2)C(C)(C)C)C1C. The van der Waals surface area contributed by atoms with E-state index in [0.29, 0.717) is 0 Å². The molecule has 0 heterocycles. The van der Waals surface area contributed by atoms with Crippen LogP contribution in [0.2, 0.25) is 5.04 Å². The van der Waals surface area contributed by atoms with Gasteiger partial charge in [0.1, 0.15) is 0 Å². The van der Waals surface area contributed by atoms with Crippen LogP contribution in [0.4, 0.5) is 0 Å². The van der Waals surface area contributed by atoms with Gasteiger partial charge in [-0.2, -0.15) is 0 Å². The van der Waals surface area contributed by atoms with Crippen LogP contribution in [0.25, 0.3) is 0 Å². The molecule has 0 fully saturated rings. The Kier molecular flexibility index (Phi) is 6.62. The van der Waals surface area contributed by atoms with Crippen molar-refractivity contribution in [2.75, 3.05) is 0 Å². The predicted octanol–water partition coefficient (Wildman–Crippen LogP) is 4.69. The van der Waals surface area contributed by atoms with Crippen LogP contribution in [0.3, 0.4) is 0 Å².